The Morgan fingerprint density at radius 1 is 1.03 bits per heavy atom. The van der Waals surface area contributed by atoms with Crippen molar-refractivity contribution < 1.29 is 24.5 Å². The molecule has 2 N–H and O–H groups in total. The van der Waals surface area contributed by atoms with Gasteiger partial charge in [-0.05, 0) is 41.3 Å². The zero-order valence-electron chi connectivity index (χ0n) is 19.3. The summed E-state index contributed by atoms with van der Waals surface area (Å²) in [7, 11) is 0. The summed E-state index contributed by atoms with van der Waals surface area (Å²) in [5.41, 5.74) is 0.801. The van der Waals surface area contributed by atoms with E-state index in [0.29, 0.717) is 18.1 Å². The Balaban J connectivity index is 1.94. The maximum absolute atomic E-state index is 13.2. The molecule has 170 valence electrons. The first-order valence-electron chi connectivity index (χ1n) is 10.8. The first-order valence-corrected chi connectivity index (χ1v) is 10.8. The van der Waals surface area contributed by atoms with Crippen LogP contribution in [0.3, 0.4) is 0 Å². The van der Waals surface area contributed by atoms with Crippen molar-refractivity contribution in [2.75, 3.05) is 6.61 Å². The predicted octanol–water partition coefficient (Wildman–Crippen LogP) is 4.94. The number of Topliss-reactive ketones (excluding diaryl/α,β-unsaturated/α-hetero) is 1. The van der Waals surface area contributed by atoms with Gasteiger partial charge in [-0.25, -0.2) is 0 Å². The number of nitrogens with zero attached hydrogens (tertiary/aromatic N) is 1. The van der Waals surface area contributed by atoms with Gasteiger partial charge in [0.15, 0.2) is 11.5 Å². The third-order valence-corrected chi connectivity index (χ3v) is 5.30. The quantitative estimate of drug-likeness (QED) is 0.641. The largest absolute Gasteiger partial charge is 0.508 e. The van der Waals surface area contributed by atoms with E-state index in [1.807, 2.05) is 24.3 Å². The molecule has 6 nitrogen and oxygen atoms in total. The van der Waals surface area contributed by atoms with Gasteiger partial charge < -0.3 is 19.8 Å². The van der Waals surface area contributed by atoms with E-state index in [9.17, 15) is 19.8 Å². The number of ketones is 1. The summed E-state index contributed by atoms with van der Waals surface area (Å²) in [5, 5.41) is 20.4. The summed E-state index contributed by atoms with van der Waals surface area (Å²) in [6, 6.07) is 13.0. The molecule has 0 bridgehead atoms. The fourth-order valence-electron chi connectivity index (χ4n) is 3.61. The van der Waals surface area contributed by atoms with E-state index in [1.165, 1.54) is 17.0 Å². The van der Waals surface area contributed by atoms with Crippen molar-refractivity contribution in [3.63, 3.8) is 0 Å². The number of phenolic OH excluding ortho intramolecular Hbond substituents is 1. The number of benzene rings is 2. The van der Waals surface area contributed by atoms with Crippen molar-refractivity contribution in [1.29, 1.82) is 0 Å². The third kappa shape index (κ3) is 4.96. The Labute approximate surface area is 189 Å². The molecular formula is C26H31NO5. The van der Waals surface area contributed by atoms with Crippen LogP contribution in [-0.2, 0) is 16.1 Å². The highest BCUT2D eigenvalue weighted by molar-refractivity contribution is 6.10. The maximum Gasteiger partial charge on any atom is 0.290 e. The lowest BCUT2D eigenvalue weighted by atomic mass is 9.82. The number of hydrogen-bond donors (Lipinski definition) is 2. The second-order valence-electron chi connectivity index (χ2n) is 9.62. The third-order valence-electron chi connectivity index (χ3n) is 5.30. The van der Waals surface area contributed by atoms with E-state index >= 15 is 0 Å². The van der Waals surface area contributed by atoms with Gasteiger partial charge in [-0.2, -0.15) is 0 Å². The minimum atomic E-state index is -0.774. The van der Waals surface area contributed by atoms with Gasteiger partial charge in [0.2, 0.25) is 0 Å². The minimum Gasteiger partial charge on any atom is -0.508 e. The van der Waals surface area contributed by atoms with E-state index in [0.717, 1.165) is 11.3 Å². The van der Waals surface area contributed by atoms with Crippen molar-refractivity contribution in [3.05, 3.63) is 71.0 Å². The van der Waals surface area contributed by atoms with Crippen LogP contribution < -0.4 is 4.74 Å². The Kier molecular flexibility index (Phi) is 6.63. The number of hydrogen-bond acceptors (Lipinski definition) is 5. The molecule has 0 fully saturated rings. The highest BCUT2D eigenvalue weighted by atomic mass is 16.5. The smallest absolute Gasteiger partial charge is 0.290 e. The van der Waals surface area contributed by atoms with Crippen LogP contribution in [0.5, 0.6) is 11.5 Å². The Bertz CT molecular complexity index is 1010. The molecule has 0 radical (unpaired) electrons. The van der Waals surface area contributed by atoms with Gasteiger partial charge in [0.1, 0.15) is 11.5 Å². The van der Waals surface area contributed by atoms with Crippen molar-refractivity contribution in [1.82, 2.24) is 4.90 Å². The summed E-state index contributed by atoms with van der Waals surface area (Å²) in [6.07, 6.45) is 0. The van der Waals surface area contributed by atoms with E-state index in [2.05, 4.69) is 13.8 Å². The van der Waals surface area contributed by atoms with Crippen LogP contribution in [0, 0.1) is 11.3 Å². The first-order chi connectivity index (χ1) is 15.0. The van der Waals surface area contributed by atoms with Crippen LogP contribution in [-0.4, -0.2) is 33.4 Å². The lowest BCUT2D eigenvalue weighted by molar-refractivity contribution is -0.130. The molecule has 1 aliphatic heterocycles. The highest BCUT2D eigenvalue weighted by Gasteiger charge is 2.45. The molecule has 1 heterocycles. The molecule has 1 atom stereocenters. The van der Waals surface area contributed by atoms with Crippen LogP contribution in [0.2, 0.25) is 0 Å². The molecule has 0 spiro atoms. The molecule has 0 aromatic heterocycles. The molecule has 6 heteroatoms. The summed E-state index contributed by atoms with van der Waals surface area (Å²) in [4.78, 5) is 27.7. The lowest BCUT2D eigenvalue weighted by Gasteiger charge is -2.29. The van der Waals surface area contributed by atoms with E-state index < -0.39 is 23.1 Å². The maximum atomic E-state index is 13.2. The van der Waals surface area contributed by atoms with Gasteiger partial charge in [0.25, 0.3) is 5.91 Å². The Morgan fingerprint density at radius 2 is 1.62 bits per heavy atom. The van der Waals surface area contributed by atoms with Gasteiger partial charge in [0, 0.05) is 12.0 Å². The SMILES string of the molecule is CC(C)COc1ccc(CN2C(=O)C(O)=C(C(=O)C(C)(C)C)C2c2ccc(O)cc2)cc1. The average molecular weight is 438 g/mol. The standard InChI is InChI=1S/C26H31NO5/c1-16(2)15-32-20-12-6-17(7-13-20)14-27-22(18-8-10-19(28)11-9-18)21(23(29)25(27)31)24(30)26(3,4)5/h6-13,16,22,28-29H,14-15H2,1-5H3. The summed E-state index contributed by atoms with van der Waals surface area (Å²) in [6.45, 7) is 10.2. The Hall–Kier alpha value is -3.28. The van der Waals surface area contributed by atoms with Gasteiger partial charge in [-0.15, -0.1) is 0 Å². The zero-order chi connectivity index (χ0) is 23.6. The van der Waals surface area contributed by atoms with Gasteiger partial charge >= 0.3 is 0 Å². The van der Waals surface area contributed by atoms with Crippen molar-refractivity contribution >= 4 is 11.7 Å². The summed E-state index contributed by atoms with van der Waals surface area (Å²) in [5.74, 6) is -0.152. The van der Waals surface area contributed by atoms with Gasteiger partial charge in [-0.3, -0.25) is 9.59 Å². The average Bonchev–Trinajstić information content (AvgIpc) is 2.97. The van der Waals surface area contributed by atoms with E-state index in [4.69, 9.17) is 4.74 Å². The number of aromatic hydroxyl groups is 1. The van der Waals surface area contributed by atoms with Crippen molar-refractivity contribution in [2.24, 2.45) is 11.3 Å². The van der Waals surface area contributed by atoms with E-state index in [-0.39, 0.29) is 23.7 Å². The minimum absolute atomic E-state index is 0.0820. The highest BCUT2D eigenvalue weighted by Crippen LogP contribution is 2.42. The molecule has 3 rings (SSSR count). The molecule has 1 unspecified atom stereocenters. The molecule has 2 aromatic rings. The molecule has 2 aromatic carbocycles. The molecule has 0 aliphatic carbocycles. The topological polar surface area (TPSA) is 87.1 Å². The van der Waals surface area contributed by atoms with Gasteiger partial charge in [0.05, 0.1) is 18.2 Å². The number of phenols is 1. The van der Waals surface area contributed by atoms with Crippen molar-refractivity contribution in [3.8, 4) is 11.5 Å². The zero-order valence-corrected chi connectivity index (χ0v) is 19.3. The number of amides is 1. The normalized spacial score (nSPS) is 16.8. The van der Waals surface area contributed by atoms with Crippen LogP contribution in [0.15, 0.2) is 59.9 Å². The van der Waals surface area contributed by atoms with Crippen molar-refractivity contribution in [2.45, 2.75) is 47.2 Å². The predicted molar refractivity (Wildman–Crippen MR) is 122 cm³/mol. The van der Waals surface area contributed by atoms with Crippen LogP contribution in [0.4, 0.5) is 0 Å². The molecular weight excluding hydrogens is 406 g/mol. The monoisotopic (exact) mass is 437 g/mol. The first kappa shape index (κ1) is 23.4. The lowest BCUT2D eigenvalue weighted by Crippen LogP contribution is -2.32. The molecule has 1 aliphatic rings. The molecule has 0 saturated carbocycles. The Morgan fingerprint density at radius 3 is 2.16 bits per heavy atom. The fraction of sp³-hybridized carbons (Fsp3) is 0.385. The fourth-order valence-corrected chi connectivity index (χ4v) is 3.61. The van der Waals surface area contributed by atoms with Crippen LogP contribution in [0.25, 0.3) is 0 Å². The number of aliphatic hydroxyl groups excluding tert-OH is 1. The summed E-state index contributed by atoms with van der Waals surface area (Å²) >= 11 is 0. The number of aliphatic hydroxyl groups is 1. The second-order valence-corrected chi connectivity index (χ2v) is 9.62. The number of carbonyl (C=O) groups excluding carboxylic acids is 2. The second kappa shape index (κ2) is 9.07. The van der Waals surface area contributed by atoms with Gasteiger partial charge in [-0.1, -0.05) is 58.9 Å². The molecule has 0 saturated heterocycles. The number of carbonyl (C=O) groups is 2. The summed E-state index contributed by atoms with van der Waals surface area (Å²) < 4.78 is 5.72. The number of rotatable bonds is 7. The number of ether oxygens (including phenoxy) is 1. The van der Waals surface area contributed by atoms with Crippen LogP contribution >= 0.6 is 0 Å². The van der Waals surface area contributed by atoms with Crippen LogP contribution in [0.1, 0.15) is 51.8 Å². The van der Waals surface area contributed by atoms with E-state index in [1.54, 1.807) is 32.9 Å². The molecule has 32 heavy (non-hydrogen) atoms. The molecule has 1 amide bonds.